The number of allylic oxidation sites excluding steroid dienone is 2. The van der Waals surface area contributed by atoms with Crippen molar-refractivity contribution < 1.29 is 4.74 Å². The molecule has 1 aromatic carbocycles. The molecule has 0 radical (unpaired) electrons. The van der Waals surface area contributed by atoms with Crippen LogP contribution in [0.5, 0.6) is 0 Å². The summed E-state index contributed by atoms with van der Waals surface area (Å²) in [6.45, 7) is 11.0. The minimum absolute atomic E-state index is 0.525. The summed E-state index contributed by atoms with van der Waals surface area (Å²) in [4.78, 5) is 24.8. The molecule has 4 aromatic rings. The summed E-state index contributed by atoms with van der Waals surface area (Å²) < 4.78 is 7.72. The summed E-state index contributed by atoms with van der Waals surface area (Å²) in [6.07, 6.45) is 7.63. The van der Waals surface area contributed by atoms with Crippen molar-refractivity contribution in [1.29, 1.82) is 0 Å². The number of nitrogens with zero attached hydrogens (tertiary/aromatic N) is 6. The molecule has 4 heterocycles. The number of fused-ring (bicyclic) bond motifs is 2. The third-order valence-electron chi connectivity index (χ3n) is 6.68. The fourth-order valence-electron chi connectivity index (χ4n) is 4.54. The number of nitrogens with one attached hydrogen (secondary N) is 2. The van der Waals surface area contributed by atoms with Gasteiger partial charge in [0.15, 0.2) is 17.0 Å². The Balaban J connectivity index is 1.37. The van der Waals surface area contributed by atoms with Crippen molar-refractivity contribution in [1.82, 2.24) is 29.5 Å². The number of ether oxygens (including phenoxy) is 1. The Morgan fingerprint density at radius 1 is 1.14 bits per heavy atom. The van der Waals surface area contributed by atoms with E-state index in [-0.39, 0.29) is 0 Å². The van der Waals surface area contributed by atoms with E-state index in [4.69, 9.17) is 24.7 Å². The fourth-order valence-corrected chi connectivity index (χ4v) is 4.54. The van der Waals surface area contributed by atoms with Gasteiger partial charge in [0.05, 0.1) is 37.1 Å². The van der Waals surface area contributed by atoms with Gasteiger partial charge in [-0.1, -0.05) is 30.7 Å². The smallest absolute Gasteiger partial charge is 0.229 e. The van der Waals surface area contributed by atoms with Crippen LogP contribution in [-0.4, -0.2) is 55.8 Å². The lowest BCUT2D eigenvalue weighted by Crippen LogP contribution is -2.37. The zero-order valence-corrected chi connectivity index (χ0v) is 21.5. The first-order valence-corrected chi connectivity index (χ1v) is 12.9. The third kappa shape index (κ3) is 5.67. The van der Waals surface area contributed by atoms with Crippen molar-refractivity contribution >= 4 is 34.0 Å². The monoisotopic (exact) mass is 488 g/mol. The Morgan fingerprint density at radius 2 is 1.97 bits per heavy atom. The van der Waals surface area contributed by atoms with E-state index in [0.717, 1.165) is 72.3 Å². The van der Waals surface area contributed by atoms with Gasteiger partial charge in [0.25, 0.3) is 0 Å². The molecule has 0 amide bonds. The molecular weight excluding hydrogens is 452 g/mol. The molecule has 0 spiro atoms. The molecule has 9 heteroatoms. The van der Waals surface area contributed by atoms with E-state index >= 15 is 0 Å². The molecule has 0 bridgehead atoms. The molecular formula is C27H36N8O. The number of H-pyrrole nitrogens is 1. The number of rotatable bonds is 10. The maximum Gasteiger partial charge on any atom is 0.229 e. The van der Waals surface area contributed by atoms with Crippen molar-refractivity contribution in [3.05, 3.63) is 48.1 Å². The van der Waals surface area contributed by atoms with Gasteiger partial charge in [0.2, 0.25) is 5.95 Å². The van der Waals surface area contributed by atoms with Gasteiger partial charge in [-0.2, -0.15) is 9.97 Å². The number of aromatic amines is 1. The first kappa shape index (κ1) is 24.2. The van der Waals surface area contributed by atoms with Crippen molar-refractivity contribution in [3.8, 4) is 0 Å². The minimum atomic E-state index is 0.525. The summed E-state index contributed by atoms with van der Waals surface area (Å²) in [6, 6.07) is 8.05. The Morgan fingerprint density at radius 3 is 2.78 bits per heavy atom. The fraction of sp³-hybridized carbons (Fsp3) is 0.481. The lowest BCUT2D eigenvalue weighted by atomic mass is 10.0. The topological polar surface area (TPSA) is 96.8 Å². The number of morpholine rings is 1. The van der Waals surface area contributed by atoms with E-state index in [0.29, 0.717) is 25.7 Å². The Bertz CT molecular complexity index is 1300. The molecule has 0 aliphatic carbocycles. The second kappa shape index (κ2) is 11.1. The zero-order valence-electron chi connectivity index (χ0n) is 21.5. The predicted octanol–water partition coefficient (Wildman–Crippen LogP) is 4.92. The van der Waals surface area contributed by atoms with Crippen molar-refractivity contribution in [3.63, 3.8) is 0 Å². The molecule has 5 rings (SSSR count). The van der Waals surface area contributed by atoms with Crippen molar-refractivity contribution in [2.75, 3.05) is 36.5 Å². The van der Waals surface area contributed by atoms with Crippen molar-refractivity contribution in [2.24, 2.45) is 5.92 Å². The second-order valence-electron chi connectivity index (χ2n) is 9.89. The van der Waals surface area contributed by atoms with E-state index in [1.54, 1.807) is 0 Å². The highest BCUT2D eigenvalue weighted by atomic mass is 16.5. The largest absolute Gasteiger partial charge is 0.378 e. The molecule has 1 atom stereocenters. The van der Waals surface area contributed by atoms with Crippen LogP contribution in [0.25, 0.3) is 22.2 Å². The van der Waals surface area contributed by atoms with Crippen LogP contribution in [0.1, 0.15) is 45.9 Å². The summed E-state index contributed by atoms with van der Waals surface area (Å²) in [5.74, 6) is 2.94. The number of anilines is 2. The van der Waals surface area contributed by atoms with Crippen LogP contribution in [0, 0.1) is 5.92 Å². The van der Waals surface area contributed by atoms with E-state index < -0.39 is 0 Å². The molecule has 0 saturated carbocycles. The van der Waals surface area contributed by atoms with Gasteiger partial charge in [0.1, 0.15) is 5.82 Å². The lowest BCUT2D eigenvalue weighted by molar-refractivity contribution is 0.122. The van der Waals surface area contributed by atoms with Gasteiger partial charge in [-0.3, -0.25) is 0 Å². The molecule has 3 aromatic heterocycles. The summed E-state index contributed by atoms with van der Waals surface area (Å²) in [7, 11) is 0. The van der Waals surface area contributed by atoms with Crippen LogP contribution < -0.4 is 10.2 Å². The Hall–Kier alpha value is -3.46. The first-order chi connectivity index (χ1) is 17.6. The standard InChI is InChI=1S/C27H36N8O/c1-19(2)7-6-8-20(3)11-12-35-18-29-24-25(28-17-23-30-21-9-4-5-10-22(21)31-23)32-27(33-26(24)35)34-13-15-36-16-14-34/h4-5,7,9-10,18,20H,6,8,11-17H2,1-3H3,(H,30,31)(H,28,32,33). The number of aromatic nitrogens is 6. The zero-order chi connectivity index (χ0) is 24.9. The van der Waals surface area contributed by atoms with Gasteiger partial charge in [-0.25, -0.2) is 9.97 Å². The molecule has 190 valence electrons. The van der Waals surface area contributed by atoms with E-state index in [1.807, 2.05) is 30.6 Å². The lowest BCUT2D eigenvalue weighted by Gasteiger charge is -2.27. The number of para-hydroxylation sites is 2. The number of imidazole rings is 2. The second-order valence-corrected chi connectivity index (χ2v) is 9.89. The minimum Gasteiger partial charge on any atom is -0.378 e. The molecule has 2 N–H and O–H groups in total. The molecule has 1 aliphatic rings. The number of hydrogen-bond acceptors (Lipinski definition) is 7. The maximum atomic E-state index is 5.55. The average molecular weight is 489 g/mol. The van der Waals surface area contributed by atoms with Crippen LogP contribution in [0.4, 0.5) is 11.8 Å². The van der Waals surface area contributed by atoms with Gasteiger partial charge in [-0.15, -0.1) is 0 Å². The Kier molecular flexibility index (Phi) is 7.46. The maximum absolute atomic E-state index is 5.55. The van der Waals surface area contributed by atoms with Gasteiger partial charge >= 0.3 is 0 Å². The van der Waals surface area contributed by atoms with Crippen LogP contribution in [0.3, 0.4) is 0 Å². The van der Waals surface area contributed by atoms with Crippen LogP contribution in [0.2, 0.25) is 0 Å². The summed E-state index contributed by atoms with van der Waals surface area (Å²) in [5.41, 5.74) is 5.03. The van der Waals surface area contributed by atoms with E-state index in [2.05, 4.69) is 46.6 Å². The van der Waals surface area contributed by atoms with E-state index in [1.165, 1.54) is 12.0 Å². The molecule has 1 fully saturated rings. The normalized spacial score (nSPS) is 14.9. The van der Waals surface area contributed by atoms with Crippen molar-refractivity contribution in [2.45, 2.75) is 53.1 Å². The first-order valence-electron chi connectivity index (χ1n) is 12.9. The highest BCUT2D eigenvalue weighted by Crippen LogP contribution is 2.25. The number of hydrogen-bond donors (Lipinski definition) is 2. The van der Waals surface area contributed by atoms with Crippen LogP contribution in [0.15, 0.2) is 42.2 Å². The molecule has 9 nitrogen and oxygen atoms in total. The third-order valence-corrected chi connectivity index (χ3v) is 6.68. The Labute approximate surface area is 212 Å². The quantitative estimate of drug-likeness (QED) is 0.306. The van der Waals surface area contributed by atoms with Crippen LogP contribution in [-0.2, 0) is 17.8 Å². The summed E-state index contributed by atoms with van der Waals surface area (Å²) >= 11 is 0. The SMILES string of the molecule is CC(C)=CCCC(C)CCn1cnc2c(NCc3nc4ccccc4[nH]3)nc(N3CCOCC3)nc21. The number of aryl methyl sites for hydroxylation is 1. The predicted molar refractivity (Wildman–Crippen MR) is 144 cm³/mol. The summed E-state index contributed by atoms with van der Waals surface area (Å²) in [5, 5.41) is 3.48. The molecule has 36 heavy (non-hydrogen) atoms. The van der Waals surface area contributed by atoms with Gasteiger partial charge in [0, 0.05) is 19.6 Å². The highest BCUT2D eigenvalue weighted by molar-refractivity contribution is 5.84. The van der Waals surface area contributed by atoms with Crippen LogP contribution >= 0.6 is 0 Å². The number of benzene rings is 1. The van der Waals surface area contributed by atoms with Gasteiger partial charge in [-0.05, 0) is 51.2 Å². The molecule has 1 unspecified atom stereocenters. The van der Waals surface area contributed by atoms with E-state index in [9.17, 15) is 0 Å². The highest BCUT2D eigenvalue weighted by Gasteiger charge is 2.20. The van der Waals surface area contributed by atoms with Gasteiger partial charge < -0.3 is 24.5 Å². The molecule has 1 aliphatic heterocycles. The molecule has 1 saturated heterocycles. The average Bonchev–Trinajstić information content (AvgIpc) is 3.50.